The van der Waals surface area contributed by atoms with Gasteiger partial charge in [0, 0.05) is 10.4 Å². The molecule has 3 rings (SSSR count). The van der Waals surface area contributed by atoms with Crippen molar-refractivity contribution in [1.82, 2.24) is 0 Å². The summed E-state index contributed by atoms with van der Waals surface area (Å²) < 4.78 is 5.99. The van der Waals surface area contributed by atoms with Gasteiger partial charge in [-0.05, 0) is 36.1 Å². The minimum Gasteiger partial charge on any atom is -0.480 e. The highest BCUT2D eigenvalue weighted by molar-refractivity contribution is 6.35. The van der Waals surface area contributed by atoms with Gasteiger partial charge in [-0.3, -0.25) is 4.79 Å². The maximum absolute atomic E-state index is 12.6. The number of amides is 1. The van der Waals surface area contributed by atoms with Crippen LogP contribution in [0.2, 0.25) is 10.0 Å². The lowest BCUT2D eigenvalue weighted by Gasteiger charge is -2.19. The summed E-state index contributed by atoms with van der Waals surface area (Å²) in [5.41, 5.74) is 0.471. The Labute approximate surface area is 156 Å². The van der Waals surface area contributed by atoms with Crippen LogP contribution >= 0.6 is 23.2 Å². The second kappa shape index (κ2) is 7.77. The van der Waals surface area contributed by atoms with Gasteiger partial charge in [0.25, 0.3) is 5.91 Å². The quantitative estimate of drug-likeness (QED) is 0.600. The second-order valence-electron chi connectivity index (χ2n) is 5.61. The molecule has 1 unspecified atom stereocenters. The molecule has 0 aliphatic rings. The monoisotopic (exact) mass is 373 g/mol. The standard InChI is InChI=1S/C20H17Cl2NO2/c1-2-18(20(24)23-17-12-14(21)10-11-16(17)22)25-19-9-5-7-13-6-3-4-8-15(13)19/h3-12,18H,2H2,1H3,(H,23,24). The molecule has 3 nitrogen and oxygen atoms in total. The molecule has 0 aliphatic carbocycles. The molecule has 5 heteroatoms. The molecule has 25 heavy (non-hydrogen) atoms. The molecular formula is C20H17Cl2NO2. The first-order chi connectivity index (χ1) is 12.1. The van der Waals surface area contributed by atoms with Crippen LogP contribution in [-0.4, -0.2) is 12.0 Å². The lowest BCUT2D eigenvalue weighted by molar-refractivity contribution is -0.122. The Morgan fingerprint density at radius 2 is 1.84 bits per heavy atom. The molecule has 0 bridgehead atoms. The molecule has 0 aliphatic heterocycles. The van der Waals surface area contributed by atoms with E-state index in [2.05, 4.69) is 5.32 Å². The SMILES string of the molecule is CCC(Oc1cccc2ccccc12)C(=O)Nc1cc(Cl)ccc1Cl. The largest absolute Gasteiger partial charge is 0.480 e. The Kier molecular flexibility index (Phi) is 5.47. The Hall–Kier alpha value is -2.23. The van der Waals surface area contributed by atoms with Crippen molar-refractivity contribution in [1.29, 1.82) is 0 Å². The number of carbonyl (C=O) groups is 1. The third kappa shape index (κ3) is 4.06. The predicted molar refractivity (Wildman–Crippen MR) is 104 cm³/mol. The molecule has 0 saturated heterocycles. The summed E-state index contributed by atoms with van der Waals surface area (Å²) in [7, 11) is 0. The Morgan fingerprint density at radius 3 is 2.64 bits per heavy atom. The lowest BCUT2D eigenvalue weighted by Crippen LogP contribution is -2.32. The summed E-state index contributed by atoms with van der Waals surface area (Å²) in [6, 6.07) is 18.6. The number of rotatable bonds is 5. The molecule has 1 atom stereocenters. The Balaban J connectivity index is 1.82. The number of carbonyl (C=O) groups excluding carboxylic acids is 1. The van der Waals surface area contributed by atoms with Crippen LogP contribution in [0.1, 0.15) is 13.3 Å². The van der Waals surface area contributed by atoms with E-state index in [0.717, 1.165) is 10.8 Å². The number of nitrogens with one attached hydrogen (secondary N) is 1. The minimum absolute atomic E-state index is 0.264. The Bertz CT molecular complexity index is 906. The maximum Gasteiger partial charge on any atom is 0.265 e. The summed E-state index contributed by atoms with van der Waals surface area (Å²) in [5, 5.41) is 5.75. The molecule has 128 valence electrons. The van der Waals surface area contributed by atoms with Crippen molar-refractivity contribution < 1.29 is 9.53 Å². The summed E-state index contributed by atoms with van der Waals surface area (Å²) in [4.78, 5) is 12.6. The first-order valence-corrected chi connectivity index (χ1v) is 8.74. The smallest absolute Gasteiger partial charge is 0.265 e. The van der Waals surface area contributed by atoms with E-state index in [4.69, 9.17) is 27.9 Å². The third-order valence-corrected chi connectivity index (χ3v) is 4.43. The molecule has 3 aromatic rings. The zero-order valence-electron chi connectivity index (χ0n) is 13.6. The van der Waals surface area contributed by atoms with Gasteiger partial charge in [-0.2, -0.15) is 0 Å². The molecule has 0 radical (unpaired) electrons. The van der Waals surface area contributed by atoms with E-state index in [-0.39, 0.29) is 5.91 Å². The van der Waals surface area contributed by atoms with Crippen LogP contribution in [0.15, 0.2) is 60.7 Å². The van der Waals surface area contributed by atoms with Gasteiger partial charge in [-0.25, -0.2) is 0 Å². The van der Waals surface area contributed by atoms with Gasteiger partial charge < -0.3 is 10.1 Å². The topological polar surface area (TPSA) is 38.3 Å². The van der Waals surface area contributed by atoms with Gasteiger partial charge in [0.2, 0.25) is 0 Å². The highest BCUT2D eigenvalue weighted by Crippen LogP contribution is 2.28. The van der Waals surface area contributed by atoms with Crippen LogP contribution in [0.4, 0.5) is 5.69 Å². The molecule has 0 aromatic heterocycles. The summed E-state index contributed by atoms with van der Waals surface area (Å²) >= 11 is 12.1. The second-order valence-corrected chi connectivity index (χ2v) is 6.45. The summed E-state index contributed by atoms with van der Waals surface area (Å²) in [6.07, 6.45) is -0.117. The van der Waals surface area contributed by atoms with Crippen molar-refractivity contribution >= 4 is 45.6 Å². The number of hydrogen-bond donors (Lipinski definition) is 1. The first kappa shape index (κ1) is 17.6. The number of hydrogen-bond acceptors (Lipinski definition) is 2. The van der Waals surface area contributed by atoms with Crippen molar-refractivity contribution in [2.45, 2.75) is 19.4 Å². The zero-order valence-corrected chi connectivity index (χ0v) is 15.1. The minimum atomic E-state index is -0.638. The van der Waals surface area contributed by atoms with Crippen molar-refractivity contribution in [2.75, 3.05) is 5.32 Å². The lowest BCUT2D eigenvalue weighted by atomic mass is 10.1. The fourth-order valence-electron chi connectivity index (χ4n) is 2.58. The number of halogens is 2. The normalized spacial score (nSPS) is 12.0. The molecule has 3 aromatic carbocycles. The highest BCUT2D eigenvalue weighted by atomic mass is 35.5. The molecule has 0 spiro atoms. The molecule has 1 amide bonds. The van der Waals surface area contributed by atoms with Crippen LogP contribution in [0, 0.1) is 0 Å². The number of ether oxygens (including phenoxy) is 1. The molecule has 0 fully saturated rings. The maximum atomic E-state index is 12.6. The fourth-order valence-corrected chi connectivity index (χ4v) is 2.92. The van der Waals surface area contributed by atoms with Crippen LogP contribution < -0.4 is 10.1 Å². The van der Waals surface area contributed by atoms with Crippen LogP contribution in [-0.2, 0) is 4.79 Å². The van der Waals surface area contributed by atoms with Gasteiger partial charge in [-0.15, -0.1) is 0 Å². The molecular weight excluding hydrogens is 357 g/mol. The van der Waals surface area contributed by atoms with Gasteiger partial charge in [0.05, 0.1) is 10.7 Å². The number of anilines is 1. The predicted octanol–water partition coefficient (Wildman–Crippen LogP) is 5.94. The third-order valence-electron chi connectivity index (χ3n) is 3.87. The molecule has 1 N–H and O–H groups in total. The highest BCUT2D eigenvalue weighted by Gasteiger charge is 2.20. The van der Waals surface area contributed by atoms with Gasteiger partial charge >= 0.3 is 0 Å². The van der Waals surface area contributed by atoms with Crippen molar-refractivity contribution in [3.63, 3.8) is 0 Å². The average Bonchev–Trinajstić information content (AvgIpc) is 2.62. The first-order valence-electron chi connectivity index (χ1n) is 7.99. The zero-order chi connectivity index (χ0) is 17.8. The summed E-state index contributed by atoms with van der Waals surface area (Å²) in [5.74, 6) is 0.414. The van der Waals surface area contributed by atoms with Crippen LogP contribution in [0.5, 0.6) is 5.75 Å². The molecule has 0 heterocycles. The Morgan fingerprint density at radius 1 is 1.08 bits per heavy atom. The van der Waals surface area contributed by atoms with Gasteiger partial charge in [0.1, 0.15) is 5.75 Å². The van der Waals surface area contributed by atoms with E-state index in [0.29, 0.717) is 27.9 Å². The van der Waals surface area contributed by atoms with E-state index in [1.54, 1.807) is 18.2 Å². The van der Waals surface area contributed by atoms with Crippen molar-refractivity contribution in [3.05, 3.63) is 70.7 Å². The van der Waals surface area contributed by atoms with E-state index >= 15 is 0 Å². The van der Waals surface area contributed by atoms with Gasteiger partial charge in [-0.1, -0.05) is 66.5 Å². The number of benzene rings is 3. The van der Waals surface area contributed by atoms with E-state index < -0.39 is 6.10 Å². The van der Waals surface area contributed by atoms with Crippen LogP contribution in [0.3, 0.4) is 0 Å². The van der Waals surface area contributed by atoms with Crippen molar-refractivity contribution in [2.24, 2.45) is 0 Å². The van der Waals surface area contributed by atoms with Crippen molar-refractivity contribution in [3.8, 4) is 5.75 Å². The van der Waals surface area contributed by atoms with E-state index in [9.17, 15) is 4.79 Å². The summed E-state index contributed by atoms with van der Waals surface area (Å²) in [6.45, 7) is 1.90. The van der Waals surface area contributed by atoms with E-state index in [1.165, 1.54) is 0 Å². The molecule has 0 saturated carbocycles. The average molecular weight is 374 g/mol. The van der Waals surface area contributed by atoms with E-state index in [1.807, 2.05) is 49.4 Å². The van der Waals surface area contributed by atoms with Gasteiger partial charge in [0.15, 0.2) is 6.10 Å². The van der Waals surface area contributed by atoms with Crippen LogP contribution in [0.25, 0.3) is 10.8 Å². The fraction of sp³-hybridized carbons (Fsp3) is 0.150. The number of fused-ring (bicyclic) bond motifs is 1.